The zero-order valence-corrected chi connectivity index (χ0v) is 14.1. The van der Waals surface area contributed by atoms with Gasteiger partial charge in [0.05, 0.1) is 0 Å². The molecule has 0 atom stereocenters. The van der Waals surface area contributed by atoms with Gasteiger partial charge < -0.3 is 15.8 Å². The van der Waals surface area contributed by atoms with Crippen molar-refractivity contribution in [3.05, 3.63) is 28.8 Å². The Morgan fingerprint density at radius 3 is 2.43 bits per heavy atom. The minimum atomic E-state index is 0.112. The van der Waals surface area contributed by atoms with Gasteiger partial charge in [-0.2, -0.15) is 0 Å². The number of nitrogens with zero attached hydrogens (tertiary/aromatic N) is 2. The van der Waals surface area contributed by atoms with E-state index < -0.39 is 0 Å². The first-order valence-corrected chi connectivity index (χ1v) is 7.86. The van der Waals surface area contributed by atoms with E-state index >= 15 is 0 Å². The molecule has 0 amide bonds. The van der Waals surface area contributed by atoms with E-state index in [4.69, 9.17) is 22.5 Å². The number of rotatable bonds is 7. The van der Waals surface area contributed by atoms with Crippen molar-refractivity contribution < 1.29 is 5.21 Å². The fraction of sp³-hybridized carbons (Fsp3) is 0.562. The molecule has 1 aromatic rings. The van der Waals surface area contributed by atoms with Crippen LogP contribution in [0.4, 0.5) is 5.69 Å². The number of amidine groups is 1. The summed E-state index contributed by atoms with van der Waals surface area (Å²) >= 11 is 6.17. The summed E-state index contributed by atoms with van der Waals surface area (Å²) in [6.45, 7) is 9.62. The van der Waals surface area contributed by atoms with Crippen LogP contribution in [-0.4, -0.2) is 23.6 Å². The van der Waals surface area contributed by atoms with Gasteiger partial charge in [0, 0.05) is 28.9 Å². The molecule has 0 saturated heterocycles. The maximum Gasteiger partial charge on any atom is 0.172 e. The predicted octanol–water partition coefficient (Wildman–Crippen LogP) is 4.09. The van der Waals surface area contributed by atoms with Gasteiger partial charge >= 0.3 is 0 Å². The Bertz CT molecular complexity index is 484. The van der Waals surface area contributed by atoms with Crippen LogP contribution in [0.15, 0.2) is 23.4 Å². The van der Waals surface area contributed by atoms with Crippen molar-refractivity contribution in [1.82, 2.24) is 0 Å². The van der Waals surface area contributed by atoms with Gasteiger partial charge in [-0.05, 0) is 37.0 Å². The van der Waals surface area contributed by atoms with E-state index in [0.29, 0.717) is 17.0 Å². The molecule has 4 nitrogen and oxygen atoms in total. The summed E-state index contributed by atoms with van der Waals surface area (Å²) in [5.41, 5.74) is 7.47. The Morgan fingerprint density at radius 1 is 1.33 bits per heavy atom. The summed E-state index contributed by atoms with van der Waals surface area (Å²) in [5.74, 6) is 0.617. The number of oxime groups is 1. The Hall–Kier alpha value is -1.42. The monoisotopic (exact) mass is 311 g/mol. The molecule has 118 valence electrons. The van der Waals surface area contributed by atoms with Crippen LogP contribution < -0.4 is 10.6 Å². The molecule has 21 heavy (non-hydrogen) atoms. The fourth-order valence-corrected chi connectivity index (χ4v) is 2.75. The third-order valence-corrected chi connectivity index (χ3v) is 3.83. The number of hydrogen-bond acceptors (Lipinski definition) is 3. The summed E-state index contributed by atoms with van der Waals surface area (Å²) in [6.07, 6.45) is 2.07. The Balaban J connectivity index is 3.37. The lowest BCUT2D eigenvalue weighted by Gasteiger charge is -2.35. The van der Waals surface area contributed by atoms with Gasteiger partial charge in [0.25, 0.3) is 0 Å². The van der Waals surface area contributed by atoms with E-state index in [2.05, 4.69) is 37.8 Å². The summed E-state index contributed by atoms with van der Waals surface area (Å²) in [5, 5.41) is 12.8. The van der Waals surface area contributed by atoms with Crippen molar-refractivity contribution in [2.75, 3.05) is 11.4 Å². The highest BCUT2D eigenvalue weighted by Gasteiger charge is 2.21. The highest BCUT2D eigenvalue weighted by Crippen LogP contribution is 2.29. The average Bonchev–Trinajstić information content (AvgIpc) is 2.46. The van der Waals surface area contributed by atoms with E-state index in [1.54, 1.807) is 6.07 Å². The first kappa shape index (κ1) is 17.6. The molecule has 0 fully saturated rings. The number of anilines is 1. The van der Waals surface area contributed by atoms with Crippen molar-refractivity contribution >= 4 is 23.1 Å². The second kappa shape index (κ2) is 8.13. The van der Waals surface area contributed by atoms with E-state index in [1.807, 2.05) is 12.1 Å². The van der Waals surface area contributed by atoms with Crippen LogP contribution in [0.25, 0.3) is 0 Å². The largest absolute Gasteiger partial charge is 0.409 e. The molecule has 0 radical (unpaired) electrons. The lowest BCUT2D eigenvalue weighted by atomic mass is 10.0. The zero-order chi connectivity index (χ0) is 16.0. The molecule has 0 aliphatic heterocycles. The zero-order valence-electron chi connectivity index (χ0n) is 13.3. The SMILES string of the molecule is CCC(CC)N(CC(C)C)c1cc(Cl)ccc1C(N)=NO. The van der Waals surface area contributed by atoms with Gasteiger partial charge in [0.1, 0.15) is 0 Å². The number of halogens is 1. The first-order chi connectivity index (χ1) is 9.94. The second-order valence-electron chi connectivity index (χ2n) is 5.66. The first-order valence-electron chi connectivity index (χ1n) is 7.48. The molecule has 0 unspecified atom stereocenters. The Morgan fingerprint density at radius 2 is 1.95 bits per heavy atom. The molecule has 0 saturated carbocycles. The molecular formula is C16H26ClN3O. The van der Waals surface area contributed by atoms with E-state index in [-0.39, 0.29) is 5.84 Å². The lowest BCUT2D eigenvalue weighted by molar-refractivity contribution is 0.318. The quantitative estimate of drug-likeness (QED) is 0.345. The Labute approximate surface area is 132 Å². The van der Waals surface area contributed by atoms with Gasteiger partial charge in [-0.25, -0.2) is 0 Å². The minimum absolute atomic E-state index is 0.112. The number of hydrogen-bond donors (Lipinski definition) is 2. The van der Waals surface area contributed by atoms with Crippen LogP contribution in [0.5, 0.6) is 0 Å². The minimum Gasteiger partial charge on any atom is -0.409 e. The molecule has 1 aromatic carbocycles. The molecule has 1 rings (SSSR count). The molecule has 0 aliphatic rings. The standard InChI is InChI=1S/C16H26ClN3O/c1-5-13(6-2)20(10-11(3)4)15-9-12(17)7-8-14(15)16(18)19-21/h7-9,11,13,21H,5-6,10H2,1-4H3,(H2,18,19). The van der Waals surface area contributed by atoms with Gasteiger partial charge in [-0.15, -0.1) is 0 Å². The summed E-state index contributed by atoms with van der Waals surface area (Å²) in [7, 11) is 0. The molecule has 5 heteroatoms. The van der Waals surface area contributed by atoms with E-state index in [0.717, 1.165) is 30.6 Å². The van der Waals surface area contributed by atoms with Gasteiger partial charge in [-0.1, -0.05) is 44.5 Å². The average molecular weight is 312 g/mol. The smallest absolute Gasteiger partial charge is 0.172 e. The van der Waals surface area contributed by atoms with Gasteiger partial charge in [0.2, 0.25) is 0 Å². The summed E-state index contributed by atoms with van der Waals surface area (Å²) in [6, 6.07) is 5.87. The third kappa shape index (κ3) is 4.53. The van der Waals surface area contributed by atoms with Gasteiger partial charge in [-0.3, -0.25) is 0 Å². The molecule has 0 aliphatic carbocycles. The maximum absolute atomic E-state index is 9.01. The van der Waals surface area contributed by atoms with Crippen LogP contribution in [0.1, 0.15) is 46.1 Å². The van der Waals surface area contributed by atoms with Crippen molar-refractivity contribution in [2.45, 2.75) is 46.6 Å². The predicted molar refractivity (Wildman–Crippen MR) is 90.5 cm³/mol. The molecular weight excluding hydrogens is 286 g/mol. The number of nitrogens with two attached hydrogens (primary N) is 1. The van der Waals surface area contributed by atoms with Crippen molar-refractivity contribution in [3.8, 4) is 0 Å². The highest BCUT2D eigenvalue weighted by molar-refractivity contribution is 6.31. The van der Waals surface area contributed by atoms with Crippen LogP contribution >= 0.6 is 11.6 Å². The molecule has 0 aromatic heterocycles. The molecule has 3 N–H and O–H groups in total. The van der Waals surface area contributed by atoms with E-state index in [9.17, 15) is 0 Å². The number of benzene rings is 1. The molecule has 0 bridgehead atoms. The van der Waals surface area contributed by atoms with Crippen molar-refractivity contribution in [1.29, 1.82) is 0 Å². The topological polar surface area (TPSA) is 61.8 Å². The summed E-state index contributed by atoms with van der Waals surface area (Å²) in [4.78, 5) is 2.32. The van der Waals surface area contributed by atoms with Crippen LogP contribution in [0.2, 0.25) is 5.02 Å². The normalized spacial score (nSPS) is 12.2. The van der Waals surface area contributed by atoms with E-state index in [1.165, 1.54) is 0 Å². The maximum atomic E-state index is 9.01. The fourth-order valence-electron chi connectivity index (χ4n) is 2.58. The molecule has 0 heterocycles. The highest BCUT2D eigenvalue weighted by atomic mass is 35.5. The van der Waals surface area contributed by atoms with Gasteiger partial charge in [0.15, 0.2) is 5.84 Å². The second-order valence-corrected chi connectivity index (χ2v) is 6.10. The summed E-state index contributed by atoms with van der Waals surface area (Å²) < 4.78 is 0. The molecule has 0 spiro atoms. The Kier molecular flexibility index (Phi) is 6.82. The van der Waals surface area contributed by atoms with Crippen molar-refractivity contribution in [3.63, 3.8) is 0 Å². The van der Waals surface area contributed by atoms with Crippen LogP contribution in [-0.2, 0) is 0 Å². The van der Waals surface area contributed by atoms with Crippen LogP contribution in [0, 0.1) is 5.92 Å². The third-order valence-electron chi connectivity index (χ3n) is 3.60. The van der Waals surface area contributed by atoms with Crippen LogP contribution in [0.3, 0.4) is 0 Å². The van der Waals surface area contributed by atoms with Crippen molar-refractivity contribution in [2.24, 2.45) is 16.8 Å². The lowest BCUT2D eigenvalue weighted by Crippen LogP contribution is -2.38.